The van der Waals surface area contributed by atoms with Gasteiger partial charge in [-0.15, -0.1) is 0 Å². The molecule has 0 spiro atoms. The summed E-state index contributed by atoms with van der Waals surface area (Å²) in [5.74, 6) is 0. The first-order valence-corrected chi connectivity index (χ1v) is 5.32. The molecule has 72 valence electrons. The summed E-state index contributed by atoms with van der Waals surface area (Å²) in [6.45, 7) is 8.28. The Labute approximate surface area is 92.6 Å². The Morgan fingerprint density at radius 1 is 1.38 bits per heavy atom. The molecule has 0 saturated carbocycles. The van der Waals surface area contributed by atoms with Crippen molar-refractivity contribution < 1.29 is 0 Å². The van der Waals surface area contributed by atoms with Crippen LogP contribution in [0, 0.1) is 6.92 Å². The SMILES string of the molecule is Cc1cc(Cl)c(C(C)(C)C)nc1Br. The molecule has 0 bridgehead atoms. The molecule has 0 fully saturated rings. The van der Waals surface area contributed by atoms with Crippen LogP contribution in [-0.2, 0) is 5.41 Å². The number of rotatable bonds is 0. The molecule has 13 heavy (non-hydrogen) atoms. The zero-order valence-corrected chi connectivity index (χ0v) is 10.6. The topological polar surface area (TPSA) is 12.9 Å². The minimum Gasteiger partial charge on any atom is -0.244 e. The van der Waals surface area contributed by atoms with E-state index in [0.29, 0.717) is 0 Å². The van der Waals surface area contributed by atoms with Crippen LogP contribution in [0.25, 0.3) is 0 Å². The number of hydrogen-bond donors (Lipinski definition) is 0. The maximum Gasteiger partial charge on any atom is 0.109 e. The van der Waals surface area contributed by atoms with E-state index in [1.165, 1.54) is 0 Å². The smallest absolute Gasteiger partial charge is 0.109 e. The number of aromatic nitrogens is 1. The number of halogens is 2. The van der Waals surface area contributed by atoms with Gasteiger partial charge < -0.3 is 0 Å². The monoisotopic (exact) mass is 261 g/mol. The second-order valence-corrected chi connectivity index (χ2v) is 5.33. The molecule has 0 aliphatic heterocycles. The second-order valence-electron chi connectivity index (χ2n) is 4.18. The summed E-state index contributed by atoms with van der Waals surface area (Å²) in [6, 6.07) is 1.94. The average molecular weight is 263 g/mol. The van der Waals surface area contributed by atoms with E-state index >= 15 is 0 Å². The van der Waals surface area contributed by atoms with Gasteiger partial charge in [0.25, 0.3) is 0 Å². The van der Waals surface area contributed by atoms with Gasteiger partial charge in [0.2, 0.25) is 0 Å². The molecule has 1 nitrogen and oxygen atoms in total. The van der Waals surface area contributed by atoms with E-state index in [4.69, 9.17) is 11.6 Å². The minimum absolute atomic E-state index is 0.00664. The molecule has 0 radical (unpaired) electrons. The largest absolute Gasteiger partial charge is 0.244 e. The summed E-state index contributed by atoms with van der Waals surface area (Å²) in [5.41, 5.74) is 2.00. The first-order chi connectivity index (χ1) is 5.82. The Kier molecular flexibility index (Phi) is 3.03. The molecule has 1 heterocycles. The lowest BCUT2D eigenvalue weighted by Crippen LogP contribution is -2.14. The third-order valence-corrected chi connectivity index (χ3v) is 2.91. The van der Waals surface area contributed by atoms with E-state index in [-0.39, 0.29) is 5.41 Å². The van der Waals surface area contributed by atoms with Crippen molar-refractivity contribution in [3.63, 3.8) is 0 Å². The number of hydrogen-bond acceptors (Lipinski definition) is 1. The quantitative estimate of drug-likeness (QED) is 0.641. The van der Waals surface area contributed by atoms with Crippen LogP contribution in [0.3, 0.4) is 0 Å². The number of nitrogens with zero attached hydrogens (tertiary/aromatic N) is 1. The van der Waals surface area contributed by atoms with Gasteiger partial charge in [-0.05, 0) is 34.5 Å². The van der Waals surface area contributed by atoms with Crippen LogP contribution in [0.5, 0.6) is 0 Å². The molecule has 0 aromatic carbocycles. The van der Waals surface area contributed by atoms with Crippen molar-refractivity contribution in [1.29, 1.82) is 0 Å². The lowest BCUT2D eigenvalue weighted by molar-refractivity contribution is 0.567. The fourth-order valence-corrected chi connectivity index (χ4v) is 1.86. The Morgan fingerprint density at radius 2 is 1.92 bits per heavy atom. The van der Waals surface area contributed by atoms with Gasteiger partial charge in [-0.1, -0.05) is 32.4 Å². The van der Waals surface area contributed by atoms with E-state index in [9.17, 15) is 0 Å². The highest BCUT2D eigenvalue weighted by Gasteiger charge is 2.20. The first-order valence-electron chi connectivity index (χ1n) is 4.15. The lowest BCUT2D eigenvalue weighted by Gasteiger charge is -2.19. The number of aryl methyl sites for hydroxylation is 1. The maximum atomic E-state index is 6.10. The van der Waals surface area contributed by atoms with Gasteiger partial charge >= 0.3 is 0 Å². The van der Waals surface area contributed by atoms with Crippen LogP contribution in [0.15, 0.2) is 10.7 Å². The first kappa shape index (κ1) is 11.0. The molecule has 0 saturated heterocycles. The molecule has 0 N–H and O–H groups in total. The van der Waals surface area contributed by atoms with Crippen LogP contribution >= 0.6 is 27.5 Å². The van der Waals surface area contributed by atoms with Crippen LogP contribution in [-0.4, -0.2) is 4.98 Å². The zero-order valence-electron chi connectivity index (χ0n) is 8.28. The average Bonchev–Trinajstić information content (AvgIpc) is 1.94. The Hall–Kier alpha value is -0.0800. The van der Waals surface area contributed by atoms with E-state index in [2.05, 4.69) is 41.7 Å². The Bertz CT molecular complexity index is 328. The summed E-state index contributed by atoms with van der Waals surface area (Å²) < 4.78 is 0.877. The molecule has 1 rings (SSSR count). The third kappa shape index (κ3) is 2.44. The lowest BCUT2D eigenvalue weighted by atomic mass is 9.91. The van der Waals surface area contributed by atoms with Crippen LogP contribution in [0.4, 0.5) is 0 Å². The van der Waals surface area contributed by atoms with Crippen molar-refractivity contribution in [2.75, 3.05) is 0 Å². The molecule has 0 aliphatic carbocycles. The molecular weight excluding hydrogens is 249 g/mol. The van der Waals surface area contributed by atoms with Crippen LogP contribution < -0.4 is 0 Å². The van der Waals surface area contributed by atoms with Crippen molar-refractivity contribution in [2.45, 2.75) is 33.1 Å². The van der Waals surface area contributed by atoms with E-state index in [1.807, 2.05) is 13.0 Å². The van der Waals surface area contributed by atoms with Crippen molar-refractivity contribution in [3.05, 3.63) is 26.9 Å². The molecule has 1 aromatic heterocycles. The van der Waals surface area contributed by atoms with Gasteiger partial charge in [0.05, 0.1) is 10.7 Å². The van der Waals surface area contributed by atoms with Gasteiger partial charge in [0.15, 0.2) is 0 Å². The predicted octanol–water partition coefficient (Wildman–Crippen LogP) is 4.10. The van der Waals surface area contributed by atoms with Gasteiger partial charge in [0, 0.05) is 5.41 Å². The summed E-state index contributed by atoms with van der Waals surface area (Å²) in [7, 11) is 0. The maximum absolute atomic E-state index is 6.10. The van der Waals surface area contributed by atoms with Gasteiger partial charge in [0.1, 0.15) is 4.60 Å². The second kappa shape index (κ2) is 3.58. The van der Waals surface area contributed by atoms with Gasteiger partial charge in [-0.25, -0.2) is 4.98 Å². The predicted molar refractivity (Wildman–Crippen MR) is 60.4 cm³/mol. The molecule has 3 heteroatoms. The van der Waals surface area contributed by atoms with Crippen molar-refractivity contribution in [3.8, 4) is 0 Å². The molecule has 0 unspecified atom stereocenters. The molecule has 0 amide bonds. The summed E-state index contributed by atoms with van der Waals surface area (Å²) >= 11 is 9.51. The molecule has 1 aromatic rings. The fourth-order valence-electron chi connectivity index (χ4n) is 1.08. The van der Waals surface area contributed by atoms with E-state index < -0.39 is 0 Å². The van der Waals surface area contributed by atoms with E-state index in [0.717, 1.165) is 20.9 Å². The highest BCUT2D eigenvalue weighted by Crippen LogP contribution is 2.30. The van der Waals surface area contributed by atoms with Gasteiger partial charge in [-0.3, -0.25) is 0 Å². The highest BCUT2D eigenvalue weighted by atomic mass is 79.9. The van der Waals surface area contributed by atoms with Crippen LogP contribution in [0.2, 0.25) is 5.02 Å². The van der Waals surface area contributed by atoms with Crippen LogP contribution in [0.1, 0.15) is 32.0 Å². The van der Waals surface area contributed by atoms with Crippen molar-refractivity contribution in [2.24, 2.45) is 0 Å². The van der Waals surface area contributed by atoms with E-state index in [1.54, 1.807) is 0 Å². The third-order valence-electron chi connectivity index (χ3n) is 1.82. The minimum atomic E-state index is -0.00664. The highest BCUT2D eigenvalue weighted by molar-refractivity contribution is 9.10. The normalized spacial score (nSPS) is 11.8. The van der Waals surface area contributed by atoms with Gasteiger partial charge in [-0.2, -0.15) is 0 Å². The standard InChI is InChI=1S/C10H13BrClN/c1-6-5-7(12)8(10(2,3)4)13-9(6)11/h5H,1-4H3. The summed E-state index contributed by atoms with van der Waals surface area (Å²) in [6.07, 6.45) is 0. The summed E-state index contributed by atoms with van der Waals surface area (Å²) in [4.78, 5) is 4.43. The Morgan fingerprint density at radius 3 is 2.38 bits per heavy atom. The Balaban J connectivity index is 3.32. The number of pyridine rings is 1. The molecular formula is C10H13BrClN. The summed E-state index contributed by atoms with van der Waals surface area (Å²) in [5, 5.41) is 0.744. The van der Waals surface area contributed by atoms with Crippen molar-refractivity contribution >= 4 is 27.5 Å². The molecule has 0 atom stereocenters. The fraction of sp³-hybridized carbons (Fsp3) is 0.500. The van der Waals surface area contributed by atoms with Crippen molar-refractivity contribution in [1.82, 2.24) is 4.98 Å². The molecule has 0 aliphatic rings. The zero-order chi connectivity index (χ0) is 10.2.